The Hall–Kier alpha value is -2.67. The summed E-state index contributed by atoms with van der Waals surface area (Å²) in [5.41, 5.74) is 4.14. The molecule has 0 N–H and O–H groups in total. The topological polar surface area (TPSA) is 50.1 Å². The third kappa shape index (κ3) is 2.92. The van der Waals surface area contributed by atoms with Crippen LogP contribution in [0.25, 0.3) is 11.4 Å². The van der Waals surface area contributed by atoms with Gasteiger partial charge in [0.05, 0.1) is 28.8 Å². The number of hydrogen-bond acceptors (Lipinski definition) is 6. The molecule has 27 heavy (non-hydrogen) atoms. The van der Waals surface area contributed by atoms with Gasteiger partial charge >= 0.3 is 0 Å². The van der Waals surface area contributed by atoms with Crippen molar-refractivity contribution >= 4 is 27.9 Å². The number of hydrogen-bond donors (Lipinski definition) is 0. The molecule has 2 aliphatic heterocycles. The molecule has 0 amide bonds. The highest BCUT2D eigenvalue weighted by Gasteiger charge is 2.25. The van der Waals surface area contributed by atoms with Gasteiger partial charge < -0.3 is 9.80 Å². The fourth-order valence-electron chi connectivity index (χ4n) is 3.83. The molecule has 0 radical (unpaired) electrons. The Balaban J connectivity index is 1.41. The van der Waals surface area contributed by atoms with E-state index in [0.29, 0.717) is 0 Å². The van der Waals surface area contributed by atoms with Gasteiger partial charge in [-0.3, -0.25) is 0 Å². The summed E-state index contributed by atoms with van der Waals surface area (Å²) in [7, 11) is 0. The average molecular weight is 379 g/mol. The van der Waals surface area contributed by atoms with E-state index >= 15 is 0 Å². The van der Waals surface area contributed by atoms with Gasteiger partial charge in [-0.05, 0) is 38.3 Å². The third-order valence-corrected chi connectivity index (χ3v) is 6.23. The van der Waals surface area contributed by atoms with Gasteiger partial charge in [0.25, 0.3) is 0 Å². The van der Waals surface area contributed by atoms with Gasteiger partial charge in [0.15, 0.2) is 0 Å². The highest BCUT2D eigenvalue weighted by Crippen LogP contribution is 2.34. The van der Waals surface area contributed by atoms with Crippen molar-refractivity contribution in [2.24, 2.45) is 0 Å². The lowest BCUT2D eigenvalue weighted by atomic mass is 10.1. The summed E-state index contributed by atoms with van der Waals surface area (Å²) in [5, 5.41) is 7.02. The fourth-order valence-corrected chi connectivity index (χ4v) is 4.65. The maximum absolute atomic E-state index is 4.82. The standard InChI is InChI=1S/C20H22N6S/c1-14-20-16(7-10-25(14)19-12-21-15(2)27-19)13-26(23-20)17-5-6-18(22-11-17)24-8-3-4-9-24/h5-6,11-13H,1,3-4,7-10H2,2H3. The summed E-state index contributed by atoms with van der Waals surface area (Å²) in [6.07, 6.45) is 9.42. The van der Waals surface area contributed by atoms with Crippen LogP contribution in [0.2, 0.25) is 0 Å². The number of aryl methyl sites for hydroxylation is 1. The summed E-state index contributed by atoms with van der Waals surface area (Å²) < 4.78 is 1.93. The van der Waals surface area contributed by atoms with Crippen LogP contribution in [0, 0.1) is 6.92 Å². The highest BCUT2D eigenvalue weighted by molar-refractivity contribution is 7.15. The zero-order valence-electron chi connectivity index (χ0n) is 15.4. The van der Waals surface area contributed by atoms with E-state index in [-0.39, 0.29) is 0 Å². The zero-order chi connectivity index (χ0) is 18.4. The van der Waals surface area contributed by atoms with Crippen LogP contribution in [-0.2, 0) is 6.42 Å². The average Bonchev–Trinajstić information content (AvgIpc) is 3.43. The Kier molecular flexibility index (Phi) is 3.97. The molecule has 138 valence electrons. The first kappa shape index (κ1) is 16.5. The minimum absolute atomic E-state index is 0.908. The number of pyridine rings is 1. The molecule has 1 saturated heterocycles. The van der Waals surface area contributed by atoms with Gasteiger partial charge in [0, 0.05) is 31.4 Å². The Bertz CT molecular complexity index is 980. The van der Waals surface area contributed by atoms with Gasteiger partial charge in [-0.1, -0.05) is 6.58 Å². The molecule has 6 nitrogen and oxygen atoms in total. The van der Waals surface area contributed by atoms with Gasteiger partial charge in [-0.2, -0.15) is 5.10 Å². The molecule has 2 aliphatic rings. The molecule has 5 heterocycles. The van der Waals surface area contributed by atoms with Crippen LogP contribution in [0.5, 0.6) is 0 Å². The third-order valence-electron chi connectivity index (χ3n) is 5.30. The lowest BCUT2D eigenvalue weighted by Crippen LogP contribution is -2.27. The van der Waals surface area contributed by atoms with Gasteiger partial charge in [-0.25, -0.2) is 14.6 Å². The molecule has 0 aliphatic carbocycles. The van der Waals surface area contributed by atoms with Crippen molar-refractivity contribution in [1.29, 1.82) is 0 Å². The van der Waals surface area contributed by atoms with Crippen LogP contribution < -0.4 is 9.80 Å². The molecule has 7 heteroatoms. The van der Waals surface area contributed by atoms with Crippen molar-refractivity contribution in [3.05, 3.63) is 53.6 Å². The van der Waals surface area contributed by atoms with Crippen molar-refractivity contribution in [3.8, 4) is 5.69 Å². The molecule has 1 fully saturated rings. The zero-order valence-corrected chi connectivity index (χ0v) is 16.2. The van der Waals surface area contributed by atoms with Crippen LogP contribution in [0.3, 0.4) is 0 Å². The number of thiazole rings is 1. The van der Waals surface area contributed by atoms with E-state index in [1.54, 1.807) is 11.3 Å². The minimum atomic E-state index is 0.908. The molecule has 0 bridgehead atoms. The Morgan fingerprint density at radius 2 is 1.93 bits per heavy atom. The molecular weight excluding hydrogens is 356 g/mol. The monoisotopic (exact) mass is 378 g/mol. The van der Waals surface area contributed by atoms with E-state index in [1.165, 1.54) is 18.4 Å². The predicted octanol–water partition coefficient (Wildman–Crippen LogP) is 3.67. The lowest BCUT2D eigenvalue weighted by molar-refractivity contribution is 0.853. The fraction of sp³-hybridized carbons (Fsp3) is 0.350. The number of rotatable bonds is 3. The van der Waals surface area contributed by atoms with Crippen LogP contribution in [0.4, 0.5) is 10.8 Å². The molecule has 0 spiro atoms. The van der Waals surface area contributed by atoms with E-state index in [2.05, 4.69) is 44.7 Å². The normalized spacial score (nSPS) is 16.9. The molecule has 0 aromatic carbocycles. The first-order chi connectivity index (χ1) is 13.2. The molecular formula is C20H22N6S. The summed E-state index contributed by atoms with van der Waals surface area (Å²) in [4.78, 5) is 13.6. The van der Waals surface area contributed by atoms with Crippen molar-refractivity contribution in [1.82, 2.24) is 19.7 Å². The second kappa shape index (κ2) is 6.49. The number of fused-ring (bicyclic) bond motifs is 1. The van der Waals surface area contributed by atoms with E-state index in [4.69, 9.17) is 5.10 Å². The van der Waals surface area contributed by atoms with Crippen LogP contribution in [0.15, 0.2) is 37.3 Å². The number of aromatic nitrogens is 4. The number of anilines is 2. The van der Waals surface area contributed by atoms with Crippen molar-refractivity contribution < 1.29 is 0 Å². The molecule has 3 aromatic heterocycles. The molecule has 0 unspecified atom stereocenters. The van der Waals surface area contributed by atoms with Crippen LogP contribution in [-0.4, -0.2) is 39.4 Å². The summed E-state index contributed by atoms with van der Waals surface area (Å²) >= 11 is 1.69. The van der Waals surface area contributed by atoms with Crippen molar-refractivity contribution in [3.63, 3.8) is 0 Å². The van der Waals surface area contributed by atoms with Gasteiger partial charge in [0.2, 0.25) is 0 Å². The molecule has 3 aromatic rings. The van der Waals surface area contributed by atoms with Gasteiger partial charge in [-0.15, -0.1) is 11.3 Å². The largest absolute Gasteiger partial charge is 0.357 e. The summed E-state index contributed by atoms with van der Waals surface area (Å²) in [5.74, 6) is 1.06. The molecule has 0 atom stereocenters. The maximum atomic E-state index is 4.82. The minimum Gasteiger partial charge on any atom is -0.357 e. The summed E-state index contributed by atoms with van der Waals surface area (Å²) in [6.45, 7) is 9.45. The summed E-state index contributed by atoms with van der Waals surface area (Å²) in [6, 6.07) is 4.20. The lowest BCUT2D eigenvalue weighted by Gasteiger charge is -2.28. The second-order valence-corrected chi connectivity index (χ2v) is 8.30. The Morgan fingerprint density at radius 1 is 1.07 bits per heavy atom. The van der Waals surface area contributed by atoms with E-state index in [9.17, 15) is 0 Å². The van der Waals surface area contributed by atoms with E-state index < -0.39 is 0 Å². The van der Waals surface area contributed by atoms with Crippen molar-refractivity contribution in [2.75, 3.05) is 29.4 Å². The van der Waals surface area contributed by atoms with E-state index in [1.807, 2.05) is 24.0 Å². The quantitative estimate of drug-likeness (QED) is 0.696. The Labute approximate surface area is 162 Å². The maximum Gasteiger partial charge on any atom is 0.128 e. The van der Waals surface area contributed by atoms with E-state index in [0.717, 1.165) is 59.0 Å². The second-order valence-electron chi connectivity index (χ2n) is 7.08. The van der Waals surface area contributed by atoms with Crippen LogP contribution >= 0.6 is 11.3 Å². The smallest absolute Gasteiger partial charge is 0.128 e. The van der Waals surface area contributed by atoms with Gasteiger partial charge in [0.1, 0.15) is 16.5 Å². The van der Waals surface area contributed by atoms with Crippen molar-refractivity contribution in [2.45, 2.75) is 26.2 Å². The first-order valence-corrected chi connectivity index (χ1v) is 10.2. The SMILES string of the molecule is C=C1c2nn(-c3ccc(N4CCCC4)nc3)cc2CCN1c1cnc(C)s1. The predicted molar refractivity (Wildman–Crippen MR) is 110 cm³/mol. The Morgan fingerprint density at radius 3 is 2.63 bits per heavy atom. The van der Waals surface area contributed by atoms with Crippen LogP contribution in [0.1, 0.15) is 29.1 Å². The highest BCUT2D eigenvalue weighted by atomic mass is 32.1. The molecule has 0 saturated carbocycles. The molecule has 5 rings (SSSR count). The number of nitrogens with zero attached hydrogens (tertiary/aromatic N) is 6. The first-order valence-electron chi connectivity index (χ1n) is 9.38.